The van der Waals surface area contributed by atoms with E-state index in [1.54, 1.807) is 11.1 Å². The van der Waals surface area contributed by atoms with Crippen LogP contribution >= 0.6 is 0 Å². The number of fused-ring (bicyclic) bond motifs is 1. The Balaban J connectivity index is 1.73. The van der Waals surface area contributed by atoms with Crippen LogP contribution in [-0.4, -0.2) is 18.4 Å². The molecule has 1 heterocycles. The predicted molar refractivity (Wildman–Crippen MR) is 76.2 cm³/mol. The van der Waals surface area contributed by atoms with Gasteiger partial charge in [-0.25, -0.2) is 0 Å². The van der Waals surface area contributed by atoms with Gasteiger partial charge in [-0.1, -0.05) is 31.2 Å². The Labute approximate surface area is 110 Å². The summed E-state index contributed by atoms with van der Waals surface area (Å²) in [6, 6.07) is 9.46. The Kier molecular flexibility index (Phi) is 3.11. The van der Waals surface area contributed by atoms with Crippen LogP contribution in [0.1, 0.15) is 43.7 Å². The number of aliphatic imine (C=N–C) groups is 1. The zero-order valence-electron chi connectivity index (χ0n) is 11.3. The van der Waals surface area contributed by atoms with Crippen LogP contribution in [0.5, 0.6) is 0 Å². The number of nitrogens with zero attached hydrogens (tertiary/aromatic N) is 1. The lowest BCUT2D eigenvalue weighted by molar-refractivity contribution is 0.401. The van der Waals surface area contributed by atoms with Crippen molar-refractivity contribution in [2.45, 2.75) is 45.1 Å². The molecule has 96 valence electrons. The summed E-state index contributed by atoms with van der Waals surface area (Å²) in [5.74, 6) is 2.64. The van der Waals surface area contributed by atoms with Gasteiger partial charge >= 0.3 is 0 Å². The van der Waals surface area contributed by atoms with E-state index in [-0.39, 0.29) is 0 Å². The lowest BCUT2D eigenvalue weighted by Gasteiger charge is -2.31. The number of aryl methyl sites for hydroxylation is 1. The van der Waals surface area contributed by atoms with E-state index in [1.165, 1.54) is 18.7 Å². The molecule has 18 heavy (non-hydrogen) atoms. The average molecular weight is 242 g/mol. The van der Waals surface area contributed by atoms with Crippen molar-refractivity contribution in [2.24, 2.45) is 10.9 Å². The van der Waals surface area contributed by atoms with Gasteiger partial charge in [0.1, 0.15) is 0 Å². The summed E-state index contributed by atoms with van der Waals surface area (Å²) in [6.45, 7) is 5.53. The first-order valence-corrected chi connectivity index (χ1v) is 7.11. The molecule has 3 rings (SSSR count). The fourth-order valence-electron chi connectivity index (χ4n) is 3.32. The van der Waals surface area contributed by atoms with Gasteiger partial charge in [0.15, 0.2) is 0 Å². The fourth-order valence-corrected chi connectivity index (χ4v) is 3.32. The standard InChI is InChI=1S/C16H22N2/c1-11-10-17-16(18-11)9-14-8-7-13-5-3-4-6-15(13)12(14)2/h3-6,11-12,14H,7-10H2,1-2H3,(H,17,18). The summed E-state index contributed by atoms with van der Waals surface area (Å²) >= 11 is 0. The summed E-state index contributed by atoms with van der Waals surface area (Å²) in [4.78, 5) is 4.61. The SMILES string of the molecule is CC1CN=C(CC2CCc3ccccc3C2C)N1. The second kappa shape index (κ2) is 4.75. The molecule has 2 nitrogen and oxygen atoms in total. The van der Waals surface area contributed by atoms with Crippen LogP contribution in [0.3, 0.4) is 0 Å². The van der Waals surface area contributed by atoms with Gasteiger partial charge in [0, 0.05) is 12.5 Å². The minimum absolute atomic E-state index is 0.534. The summed E-state index contributed by atoms with van der Waals surface area (Å²) in [5, 5.41) is 3.50. The maximum absolute atomic E-state index is 4.61. The van der Waals surface area contributed by atoms with Crippen LogP contribution in [0.2, 0.25) is 0 Å². The highest BCUT2D eigenvalue weighted by Crippen LogP contribution is 2.37. The minimum Gasteiger partial charge on any atom is -0.370 e. The number of nitrogens with one attached hydrogen (secondary N) is 1. The van der Waals surface area contributed by atoms with Gasteiger partial charge in [0.25, 0.3) is 0 Å². The van der Waals surface area contributed by atoms with E-state index in [1.807, 2.05) is 0 Å². The molecule has 3 unspecified atom stereocenters. The zero-order chi connectivity index (χ0) is 12.5. The van der Waals surface area contributed by atoms with E-state index in [0.717, 1.165) is 18.9 Å². The first-order chi connectivity index (χ1) is 8.74. The molecular formula is C16H22N2. The lowest BCUT2D eigenvalue weighted by Crippen LogP contribution is -2.30. The molecule has 0 saturated heterocycles. The van der Waals surface area contributed by atoms with Gasteiger partial charge in [-0.15, -0.1) is 0 Å². The molecule has 0 spiro atoms. The van der Waals surface area contributed by atoms with E-state index in [4.69, 9.17) is 0 Å². The molecule has 1 aliphatic carbocycles. The maximum Gasteiger partial charge on any atom is 0.0969 e. The largest absolute Gasteiger partial charge is 0.370 e. The van der Waals surface area contributed by atoms with Gasteiger partial charge in [0.05, 0.1) is 12.4 Å². The van der Waals surface area contributed by atoms with Crippen LogP contribution in [0.15, 0.2) is 29.3 Å². The molecule has 0 fully saturated rings. The molecule has 2 heteroatoms. The van der Waals surface area contributed by atoms with E-state index in [9.17, 15) is 0 Å². The normalized spacial score (nSPS) is 30.6. The predicted octanol–water partition coefficient (Wildman–Crippen LogP) is 3.13. The van der Waals surface area contributed by atoms with Crippen molar-refractivity contribution in [1.82, 2.24) is 5.32 Å². The molecule has 0 amide bonds. The summed E-state index contributed by atoms with van der Waals surface area (Å²) in [7, 11) is 0. The second-order valence-corrected chi connectivity index (χ2v) is 5.82. The molecule has 0 bridgehead atoms. The molecule has 2 aliphatic rings. The van der Waals surface area contributed by atoms with Gasteiger partial charge < -0.3 is 5.32 Å². The molecule has 3 atom stereocenters. The van der Waals surface area contributed by atoms with Crippen molar-refractivity contribution in [3.05, 3.63) is 35.4 Å². The van der Waals surface area contributed by atoms with Crippen molar-refractivity contribution < 1.29 is 0 Å². The second-order valence-electron chi connectivity index (χ2n) is 5.82. The Bertz CT molecular complexity index is 464. The number of rotatable bonds is 2. The first-order valence-electron chi connectivity index (χ1n) is 7.11. The Hall–Kier alpha value is -1.31. The van der Waals surface area contributed by atoms with Crippen molar-refractivity contribution in [3.8, 4) is 0 Å². The van der Waals surface area contributed by atoms with Gasteiger partial charge in [-0.3, -0.25) is 4.99 Å². The monoisotopic (exact) mass is 242 g/mol. The van der Waals surface area contributed by atoms with Crippen molar-refractivity contribution in [3.63, 3.8) is 0 Å². The molecule has 1 aromatic rings. The quantitative estimate of drug-likeness (QED) is 0.846. The van der Waals surface area contributed by atoms with Crippen LogP contribution < -0.4 is 5.32 Å². The maximum atomic E-state index is 4.61. The van der Waals surface area contributed by atoms with Crippen LogP contribution in [0, 0.1) is 5.92 Å². The average Bonchev–Trinajstić information content (AvgIpc) is 2.79. The Morgan fingerprint density at radius 3 is 2.89 bits per heavy atom. The lowest BCUT2D eigenvalue weighted by atomic mass is 9.74. The van der Waals surface area contributed by atoms with Crippen LogP contribution in [0.25, 0.3) is 0 Å². The number of benzene rings is 1. The smallest absolute Gasteiger partial charge is 0.0969 e. The molecule has 0 radical (unpaired) electrons. The van der Waals surface area contributed by atoms with Crippen molar-refractivity contribution in [2.75, 3.05) is 6.54 Å². The molecule has 0 saturated carbocycles. The molecule has 0 aromatic heterocycles. The molecule has 1 aromatic carbocycles. The minimum atomic E-state index is 0.534. The number of amidine groups is 1. The number of hydrogen-bond donors (Lipinski definition) is 1. The highest BCUT2D eigenvalue weighted by atomic mass is 15.1. The zero-order valence-corrected chi connectivity index (χ0v) is 11.3. The van der Waals surface area contributed by atoms with E-state index < -0.39 is 0 Å². The van der Waals surface area contributed by atoms with Gasteiger partial charge in [-0.05, 0) is 42.7 Å². The third-order valence-corrected chi connectivity index (χ3v) is 4.46. The summed E-state index contributed by atoms with van der Waals surface area (Å²) in [6.07, 6.45) is 3.65. The van der Waals surface area contributed by atoms with Crippen LogP contribution in [0.4, 0.5) is 0 Å². The van der Waals surface area contributed by atoms with Gasteiger partial charge in [0.2, 0.25) is 0 Å². The number of hydrogen-bond acceptors (Lipinski definition) is 2. The van der Waals surface area contributed by atoms with E-state index in [2.05, 4.69) is 48.4 Å². The van der Waals surface area contributed by atoms with E-state index >= 15 is 0 Å². The van der Waals surface area contributed by atoms with Gasteiger partial charge in [-0.2, -0.15) is 0 Å². The topological polar surface area (TPSA) is 24.4 Å². The first kappa shape index (κ1) is 11.8. The Morgan fingerprint density at radius 1 is 1.28 bits per heavy atom. The molecule has 1 N–H and O–H groups in total. The third kappa shape index (κ3) is 2.16. The van der Waals surface area contributed by atoms with Crippen molar-refractivity contribution in [1.29, 1.82) is 0 Å². The highest BCUT2D eigenvalue weighted by Gasteiger charge is 2.28. The summed E-state index contributed by atoms with van der Waals surface area (Å²) in [5.41, 5.74) is 3.11. The Morgan fingerprint density at radius 2 is 2.11 bits per heavy atom. The summed E-state index contributed by atoms with van der Waals surface area (Å²) < 4.78 is 0. The van der Waals surface area contributed by atoms with Crippen LogP contribution in [-0.2, 0) is 6.42 Å². The molecule has 1 aliphatic heterocycles. The third-order valence-electron chi connectivity index (χ3n) is 4.46. The molecular weight excluding hydrogens is 220 g/mol. The fraction of sp³-hybridized carbons (Fsp3) is 0.562. The highest BCUT2D eigenvalue weighted by molar-refractivity contribution is 5.84. The van der Waals surface area contributed by atoms with Crippen molar-refractivity contribution >= 4 is 5.84 Å². The van der Waals surface area contributed by atoms with E-state index in [0.29, 0.717) is 12.0 Å².